The molecule has 18 heavy (non-hydrogen) atoms. The predicted octanol–water partition coefficient (Wildman–Crippen LogP) is 3.97. The van der Waals surface area contributed by atoms with Gasteiger partial charge in [-0.15, -0.1) is 0 Å². The summed E-state index contributed by atoms with van der Waals surface area (Å²) in [6.07, 6.45) is 3.94. The molecule has 0 heterocycles. The Kier molecular flexibility index (Phi) is 5.04. The van der Waals surface area contributed by atoms with Crippen molar-refractivity contribution in [3.8, 4) is 0 Å². The third-order valence-electron chi connectivity index (χ3n) is 3.32. The van der Waals surface area contributed by atoms with Crippen molar-refractivity contribution < 1.29 is 9.84 Å². The largest absolute Gasteiger partial charge is 0.391 e. The Hall–Kier alpha value is -0.570. The van der Waals surface area contributed by atoms with Crippen LogP contribution in [0.25, 0.3) is 0 Å². The van der Waals surface area contributed by atoms with E-state index in [1.165, 1.54) is 12.8 Å². The van der Waals surface area contributed by atoms with Gasteiger partial charge in [-0.25, -0.2) is 0 Å². The third kappa shape index (κ3) is 3.98. The molecule has 100 valence electrons. The Morgan fingerprint density at radius 1 is 1.44 bits per heavy atom. The minimum atomic E-state index is -0.351. The summed E-state index contributed by atoms with van der Waals surface area (Å²) in [6, 6.07) is 7.86. The maximum absolute atomic E-state index is 9.75. The van der Waals surface area contributed by atoms with E-state index in [0.29, 0.717) is 12.5 Å². The van der Waals surface area contributed by atoms with Crippen molar-refractivity contribution in [3.63, 3.8) is 0 Å². The van der Waals surface area contributed by atoms with E-state index in [1.807, 2.05) is 18.2 Å². The molecular formula is C15H21ClO2. The normalized spacial score (nSPS) is 18.6. The summed E-state index contributed by atoms with van der Waals surface area (Å²) in [7, 11) is 0. The van der Waals surface area contributed by atoms with Crippen molar-refractivity contribution in [2.24, 2.45) is 5.92 Å². The van der Waals surface area contributed by atoms with E-state index < -0.39 is 0 Å². The lowest BCUT2D eigenvalue weighted by molar-refractivity contribution is -0.0226. The monoisotopic (exact) mass is 268 g/mol. The highest BCUT2D eigenvalue weighted by Crippen LogP contribution is 2.43. The van der Waals surface area contributed by atoms with Crippen molar-refractivity contribution >= 4 is 11.6 Å². The summed E-state index contributed by atoms with van der Waals surface area (Å²) < 4.78 is 5.91. The number of halogens is 1. The minimum absolute atomic E-state index is 0.0928. The molecule has 0 aliphatic heterocycles. The van der Waals surface area contributed by atoms with E-state index in [1.54, 1.807) is 0 Å². The van der Waals surface area contributed by atoms with E-state index in [2.05, 4.69) is 13.0 Å². The average Bonchev–Trinajstić information content (AvgIpc) is 3.14. The molecule has 1 fully saturated rings. The molecule has 1 saturated carbocycles. The van der Waals surface area contributed by atoms with Gasteiger partial charge in [0.15, 0.2) is 0 Å². The fraction of sp³-hybridized carbons (Fsp3) is 0.600. The highest BCUT2D eigenvalue weighted by Gasteiger charge is 2.33. The Morgan fingerprint density at radius 2 is 2.22 bits per heavy atom. The molecule has 1 unspecified atom stereocenters. The number of ether oxygens (including phenoxy) is 1. The molecule has 2 rings (SSSR count). The second kappa shape index (κ2) is 6.55. The SMILES string of the molecule is CCC[C@@H](O)COC(c1cccc(Cl)c1)C1CC1. The third-order valence-corrected chi connectivity index (χ3v) is 3.55. The first kappa shape index (κ1) is 13.9. The lowest BCUT2D eigenvalue weighted by Crippen LogP contribution is -2.18. The topological polar surface area (TPSA) is 29.5 Å². The van der Waals surface area contributed by atoms with Gasteiger partial charge in [0.2, 0.25) is 0 Å². The molecule has 0 bridgehead atoms. The van der Waals surface area contributed by atoms with Crippen molar-refractivity contribution in [1.29, 1.82) is 0 Å². The van der Waals surface area contributed by atoms with Crippen LogP contribution in [-0.2, 0) is 4.74 Å². The second-order valence-electron chi connectivity index (χ2n) is 5.09. The molecule has 1 N–H and O–H groups in total. The molecule has 1 aliphatic carbocycles. The van der Waals surface area contributed by atoms with Gasteiger partial charge in [0.25, 0.3) is 0 Å². The zero-order valence-electron chi connectivity index (χ0n) is 10.8. The van der Waals surface area contributed by atoms with Crippen LogP contribution in [0.1, 0.15) is 44.3 Å². The Bertz CT molecular complexity index is 377. The van der Waals surface area contributed by atoms with Crippen LogP contribution >= 0.6 is 11.6 Å². The molecule has 0 saturated heterocycles. The summed E-state index contributed by atoms with van der Waals surface area (Å²) in [5, 5.41) is 10.5. The van der Waals surface area contributed by atoms with Crippen LogP contribution in [0.4, 0.5) is 0 Å². The summed E-state index contributed by atoms with van der Waals surface area (Å²) >= 11 is 6.02. The van der Waals surface area contributed by atoms with Crippen molar-refractivity contribution in [1.82, 2.24) is 0 Å². The molecule has 0 amide bonds. The molecule has 1 aliphatic rings. The molecule has 3 heteroatoms. The molecule has 0 spiro atoms. The van der Waals surface area contributed by atoms with E-state index in [9.17, 15) is 5.11 Å². The van der Waals surface area contributed by atoms with Crippen LogP contribution in [0, 0.1) is 5.92 Å². The fourth-order valence-corrected chi connectivity index (χ4v) is 2.42. The number of hydrogen-bond donors (Lipinski definition) is 1. The summed E-state index contributed by atoms with van der Waals surface area (Å²) in [6.45, 7) is 2.49. The van der Waals surface area contributed by atoms with Crippen molar-refractivity contribution in [2.75, 3.05) is 6.61 Å². The molecule has 2 nitrogen and oxygen atoms in total. The summed E-state index contributed by atoms with van der Waals surface area (Å²) in [4.78, 5) is 0. The molecule has 2 atom stereocenters. The number of benzene rings is 1. The molecule has 0 aromatic heterocycles. The van der Waals surface area contributed by atoms with Gasteiger partial charge in [0.1, 0.15) is 0 Å². The first-order chi connectivity index (χ1) is 8.70. The van der Waals surface area contributed by atoms with Gasteiger partial charge in [0, 0.05) is 5.02 Å². The predicted molar refractivity (Wildman–Crippen MR) is 73.8 cm³/mol. The van der Waals surface area contributed by atoms with Crippen LogP contribution in [0.15, 0.2) is 24.3 Å². The van der Waals surface area contributed by atoms with Gasteiger partial charge in [-0.2, -0.15) is 0 Å². The van der Waals surface area contributed by atoms with Gasteiger partial charge < -0.3 is 9.84 Å². The van der Waals surface area contributed by atoms with E-state index >= 15 is 0 Å². The Morgan fingerprint density at radius 3 is 2.83 bits per heavy atom. The number of aliphatic hydroxyl groups excluding tert-OH is 1. The quantitative estimate of drug-likeness (QED) is 0.811. The zero-order chi connectivity index (χ0) is 13.0. The summed E-state index contributed by atoms with van der Waals surface area (Å²) in [5.41, 5.74) is 1.13. The van der Waals surface area contributed by atoms with Gasteiger partial charge in [-0.3, -0.25) is 0 Å². The molecule has 0 radical (unpaired) electrons. The van der Waals surface area contributed by atoms with E-state index in [0.717, 1.165) is 23.4 Å². The maximum atomic E-state index is 9.75. The van der Waals surface area contributed by atoms with Crippen molar-refractivity contribution in [3.05, 3.63) is 34.9 Å². The van der Waals surface area contributed by atoms with Crippen LogP contribution in [0.5, 0.6) is 0 Å². The first-order valence-electron chi connectivity index (χ1n) is 6.76. The number of aliphatic hydroxyl groups is 1. The van der Waals surface area contributed by atoms with Crippen LogP contribution < -0.4 is 0 Å². The van der Waals surface area contributed by atoms with Crippen LogP contribution in [0.3, 0.4) is 0 Å². The smallest absolute Gasteiger partial charge is 0.0854 e. The van der Waals surface area contributed by atoms with E-state index in [-0.39, 0.29) is 12.2 Å². The Labute approximate surface area is 114 Å². The first-order valence-corrected chi connectivity index (χ1v) is 7.13. The lowest BCUT2D eigenvalue weighted by Gasteiger charge is -2.20. The van der Waals surface area contributed by atoms with E-state index in [4.69, 9.17) is 16.3 Å². The average molecular weight is 269 g/mol. The van der Waals surface area contributed by atoms with Crippen molar-refractivity contribution in [2.45, 2.75) is 44.8 Å². The zero-order valence-corrected chi connectivity index (χ0v) is 11.6. The second-order valence-corrected chi connectivity index (χ2v) is 5.53. The molecule has 1 aromatic rings. The van der Waals surface area contributed by atoms with Gasteiger partial charge in [0.05, 0.1) is 18.8 Å². The number of rotatable bonds is 7. The Balaban J connectivity index is 1.96. The van der Waals surface area contributed by atoms with Crippen LogP contribution in [-0.4, -0.2) is 17.8 Å². The highest BCUT2D eigenvalue weighted by molar-refractivity contribution is 6.30. The fourth-order valence-electron chi connectivity index (χ4n) is 2.22. The van der Waals surface area contributed by atoms with Gasteiger partial charge in [-0.05, 0) is 42.9 Å². The number of hydrogen-bond acceptors (Lipinski definition) is 2. The van der Waals surface area contributed by atoms with Gasteiger partial charge in [-0.1, -0.05) is 37.1 Å². The lowest BCUT2D eigenvalue weighted by atomic mass is 10.1. The standard InChI is InChI=1S/C15H21ClO2/c1-2-4-14(17)10-18-15(11-7-8-11)12-5-3-6-13(16)9-12/h3,5-6,9,11,14-15,17H,2,4,7-8,10H2,1H3/t14-,15?/m1/s1. The van der Waals surface area contributed by atoms with Gasteiger partial charge >= 0.3 is 0 Å². The van der Waals surface area contributed by atoms with Crippen LogP contribution in [0.2, 0.25) is 5.02 Å². The molecular weight excluding hydrogens is 248 g/mol. The highest BCUT2D eigenvalue weighted by atomic mass is 35.5. The minimum Gasteiger partial charge on any atom is -0.391 e. The molecule has 1 aromatic carbocycles. The maximum Gasteiger partial charge on any atom is 0.0854 e. The summed E-state index contributed by atoms with van der Waals surface area (Å²) in [5.74, 6) is 0.595.